The van der Waals surface area contributed by atoms with Crippen LogP contribution in [0.2, 0.25) is 0 Å². The Kier molecular flexibility index (Phi) is 15.7. The summed E-state index contributed by atoms with van der Waals surface area (Å²) in [5, 5.41) is 0. The summed E-state index contributed by atoms with van der Waals surface area (Å²) in [6.45, 7) is 5.49. The fraction of sp³-hybridized carbons (Fsp3) is 1.00. The summed E-state index contributed by atoms with van der Waals surface area (Å²) in [6, 6.07) is 0. The van der Waals surface area contributed by atoms with Crippen LogP contribution in [0.1, 0.15) is 104 Å². The highest BCUT2D eigenvalue weighted by Gasteiger charge is 2.24. The molecule has 0 aliphatic carbocycles. The average Bonchev–Trinajstić information content (AvgIpc) is 2.50. The smallest absolute Gasteiger partial charge is 0.251 e. The molecule has 0 bridgehead atoms. The summed E-state index contributed by atoms with van der Waals surface area (Å²) >= 11 is 0. The monoisotopic (exact) mass is 350 g/mol. The molecule has 0 aromatic rings. The molecule has 0 heterocycles. The molecule has 0 amide bonds. The zero-order valence-electron chi connectivity index (χ0n) is 15.6. The molecule has 0 fully saturated rings. The highest BCUT2D eigenvalue weighted by Crippen LogP contribution is 2.42. The third-order valence-electron chi connectivity index (χ3n) is 4.43. The molecule has 0 saturated heterocycles. The number of nitrogens with two attached hydrogens (primary N) is 1. The van der Waals surface area contributed by atoms with Crippen molar-refractivity contribution >= 4 is 7.75 Å². The topological polar surface area (TPSA) is 46.3 Å². The lowest BCUT2D eigenvalue weighted by Gasteiger charge is -2.22. The van der Waals surface area contributed by atoms with Crippen molar-refractivity contribution in [3.63, 3.8) is 0 Å². The maximum absolute atomic E-state index is 13.7. The number of hydrogen-bond donors (Lipinski definition) is 1. The van der Waals surface area contributed by atoms with Gasteiger partial charge in [-0.15, -0.1) is 0 Å². The molecule has 0 saturated carbocycles. The highest BCUT2D eigenvalue weighted by atomic mass is 31.2. The summed E-state index contributed by atoms with van der Waals surface area (Å²) in [4.78, 5) is 0. The van der Waals surface area contributed by atoms with Crippen LogP contribution in [0.25, 0.3) is 0 Å². The van der Waals surface area contributed by atoms with Crippen molar-refractivity contribution < 1.29 is 8.76 Å². The van der Waals surface area contributed by atoms with Gasteiger partial charge in [-0.25, -0.2) is 10.2 Å². The van der Waals surface area contributed by atoms with Crippen LogP contribution in [0.15, 0.2) is 0 Å². The standard InChI is InChI=1S/C18H40FN2OP/c1-3-5-7-9-11-13-15-17-21(23(19,20)22)18-16-14-12-10-8-6-4-2/h3-18H2,1-2H3,(H2,20,22). The van der Waals surface area contributed by atoms with Gasteiger partial charge in [0.05, 0.1) is 0 Å². The summed E-state index contributed by atoms with van der Waals surface area (Å²) in [7, 11) is -4.07. The van der Waals surface area contributed by atoms with Gasteiger partial charge in [-0.1, -0.05) is 90.9 Å². The normalized spacial score (nSPS) is 14.3. The van der Waals surface area contributed by atoms with E-state index in [0.29, 0.717) is 13.1 Å². The van der Waals surface area contributed by atoms with Crippen molar-refractivity contribution in [1.82, 2.24) is 4.67 Å². The fourth-order valence-corrected chi connectivity index (χ4v) is 3.72. The average molecular weight is 351 g/mol. The van der Waals surface area contributed by atoms with E-state index in [1.165, 1.54) is 68.9 Å². The van der Waals surface area contributed by atoms with Crippen molar-refractivity contribution in [2.45, 2.75) is 104 Å². The highest BCUT2D eigenvalue weighted by molar-refractivity contribution is 7.53. The van der Waals surface area contributed by atoms with Crippen LogP contribution in [0.5, 0.6) is 0 Å². The molecule has 3 nitrogen and oxygen atoms in total. The SMILES string of the molecule is CCCCCCCCCN(CCCCCCCCC)P(N)(=O)F. The minimum absolute atomic E-state index is 0.536. The Hall–Kier alpha value is 0.0800. The van der Waals surface area contributed by atoms with Crippen LogP contribution in [0, 0.1) is 0 Å². The van der Waals surface area contributed by atoms with Crippen LogP contribution < -0.4 is 5.50 Å². The number of unbranched alkanes of at least 4 members (excludes halogenated alkanes) is 12. The van der Waals surface area contributed by atoms with Gasteiger partial charge >= 0.3 is 7.75 Å². The first-order valence-corrected chi connectivity index (χ1v) is 11.5. The van der Waals surface area contributed by atoms with Crippen LogP contribution in [-0.2, 0) is 4.57 Å². The van der Waals surface area contributed by atoms with E-state index in [-0.39, 0.29) is 0 Å². The lowest BCUT2D eigenvalue weighted by molar-refractivity contribution is 0.359. The van der Waals surface area contributed by atoms with Crippen LogP contribution in [-0.4, -0.2) is 17.8 Å². The molecule has 5 heteroatoms. The molecule has 140 valence electrons. The molecule has 0 radical (unpaired) electrons. The molecule has 0 aliphatic rings. The van der Waals surface area contributed by atoms with E-state index in [9.17, 15) is 8.76 Å². The third-order valence-corrected chi connectivity index (χ3v) is 5.60. The maximum atomic E-state index is 13.7. The molecule has 0 spiro atoms. The Labute approximate surface area is 144 Å². The molecule has 0 aliphatic heterocycles. The zero-order chi connectivity index (χ0) is 17.4. The van der Waals surface area contributed by atoms with Gasteiger partial charge in [-0.05, 0) is 12.8 Å². The Bertz CT molecular complexity index is 279. The quantitative estimate of drug-likeness (QED) is 0.231. The Morgan fingerprint density at radius 3 is 1.30 bits per heavy atom. The van der Waals surface area contributed by atoms with E-state index in [4.69, 9.17) is 5.50 Å². The molecule has 23 heavy (non-hydrogen) atoms. The largest absolute Gasteiger partial charge is 0.377 e. The number of rotatable bonds is 17. The summed E-state index contributed by atoms with van der Waals surface area (Å²) < 4.78 is 26.6. The van der Waals surface area contributed by atoms with Gasteiger partial charge in [0.25, 0.3) is 0 Å². The molecule has 1 unspecified atom stereocenters. The zero-order valence-corrected chi connectivity index (χ0v) is 16.5. The van der Waals surface area contributed by atoms with Gasteiger partial charge < -0.3 is 0 Å². The minimum Gasteiger partial charge on any atom is -0.251 e. The number of nitrogens with zero attached hydrogens (tertiary/aromatic N) is 1. The first-order valence-electron chi connectivity index (χ1n) is 9.86. The van der Waals surface area contributed by atoms with Gasteiger partial charge in [0.15, 0.2) is 0 Å². The first-order chi connectivity index (χ1) is 11.0. The summed E-state index contributed by atoms with van der Waals surface area (Å²) in [6.07, 6.45) is 16.5. The second-order valence-electron chi connectivity index (χ2n) is 6.74. The Balaban J connectivity index is 3.72. The van der Waals surface area contributed by atoms with E-state index >= 15 is 0 Å². The second kappa shape index (κ2) is 15.6. The van der Waals surface area contributed by atoms with E-state index in [1.807, 2.05) is 0 Å². The van der Waals surface area contributed by atoms with E-state index < -0.39 is 7.75 Å². The van der Waals surface area contributed by atoms with Gasteiger partial charge in [0.2, 0.25) is 0 Å². The third kappa shape index (κ3) is 15.4. The Morgan fingerprint density at radius 2 is 1.00 bits per heavy atom. The maximum Gasteiger partial charge on any atom is 0.377 e. The Morgan fingerprint density at radius 1 is 0.696 bits per heavy atom. The van der Waals surface area contributed by atoms with Crippen molar-refractivity contribution in [2.24, 2.45) is 5.50 Å². The van der Waals surface area contributed by atoms with Crippen molar-refractivity contribution in [1.29, 1.82) is 0 Å². The number of hydrogen-bond acceptors (Lipinski definition) is 1. The van der Waals surface area contributed by atoms with Crippen molar-refractivity contribution in [3.8, 4) is 0 Å². The first kappa shape index (κ1) is 23.1. The van der Waals surface area contributed by atoms with E-state index in [2.05, 4.69) is 13.8 Å². The van der Waals surface area contributed by atoms with Gasteiger partial charge in [0.1, 0.15) is 0 Å². The predicted octanol–water partition coefficient (Wildman–Crippen LogP) is 6.83. The molecule has 2 N–H and O–H groups in total. The van der Waals surface area contributed by atoms with Crippen LogP contribution in [0.4, 0.5) is 4.20 Å². The van der Waals surface area contributed by atoms with Crippen molar-refractivity contribution in [3.05, 3.63) is 0 Å². The fourth-order valence-electron chi connectivity index (χ4n) is 2.89. The van der Waals surface area contributed by atoms with Gasteiger partial charge in [0, 0.05) is 13.1 Å². The molecule has 0 aromatic heterocycles. The predicted molar refractivity (Wildman–Crippen MR) is 100 cm³/mol. The van der Waals surface area contributed by atoms with Crippen LogP contribution in [0.3, 0.4) is 0 Å². The van der Waals surface area contributed by atoms with Gasteiger partial charge in [-0.3, -0.25) is 4.57 Å². The lowest BCUT2D eigenvalue weighted by atomic mass is 10.1. The van der Waals surface area contributed by atoms with Crippen molar-refractivity contribution in [2.75, 3.05) is 13.1 Å². The molecule has 1 atom stereocenters. The second-order valence-corrected chi connectivity index (χ2v) is 8.40. The van der Waals surface area contributed by atoms with E-state index in [1.54, 1.807) is 0 Å². The molecule has 0 rings (SSSR count). The lowest BCUT2D eigenvalue weighted by Crippen LogP contribution is -2.24. The molecular formula is C18H40FN2OP. The minimum atomic E-state index is -4.07. The summed E-state index contributed by atoms with van der Waals surface area (Å²) in [5.41, 5.74) is 5.26. The van der Waals surface area contributed by atoms with E-state index in [0.717, 1.165) is 25.7 Å². The molecule has 0 aromatic carbocycles. The van der Waals surface area contributed by atoms with Crippen LogP contribution >= 0.6 is 7.75 Å². The summed E-state index contributed by atoms with van der Waals surface area (Å²) in [5.74, 6) is 0. The number of halogens is 1. The molecular weight excluding hydrogens is 310 g/mol. The van der Waals surface area contributed by atoms with Gasteiger partial charge in [-0.2, -0.15) is 4.20 Å².